The molecular formula is C24H26N2O3. The molecule has 150 valence electrons. The van der Waals surface area contributed by atoms with Crippen molar-refractivity contribution in [3.05, 3.63) is 58.8 Å². The van der Waals surface area contributed by atoms with E-state index in [0.717, 1.165) is 65.5 Å². The van der Waals surface area contributed by atoms with E-state index in [-0.39, 0.29) is 18.5 Å². The summed E-state index contributed by atoms with van der Waals surface area (Å²) >= 11 is 0. The second kappa shape index (κ2) is 7.14. The predicted octanol–water partition coefficient (Wildman–Crippen LogP) is 4.83. The Morgan fingerprint density at radius 1 is 1.03 bits per heavy atom. The van der Waals surface area contributed by atoms with Crippen LogP contribution in [0.5, 0.6) is 11.5 Å². The van der Waals surface area contributed by atoms with Crippen LogP contribution in [0, 0.1) is 0 Å². The Morgan fingerprint density at radius 3 is 2.48 bits per heavy atom. The summed E-state index contributed by atoms with van der Waals surface area (Å²) in [5.41, 5.74) is 6.43. The number of ether oxygens (including phenoxy) is 2. The molecule has 5 nitrogen and oxygen atoms in total. The van der Waals surface area contributed by atoms with E-state index in [9.17, 15) is 4.79 Å². The van der Waals surface area contributed by atoms with E-state index in [0.29, 0.717) is 6.42 Å². The quantitative estimate of drug-likeness (QED) is 0.811. The number of allylic oxidation sites excluding steroid dienone is 2. The number of hydrogen-bond donors (Lipinski definition) is 1. The minimum Gasteiger partial charge on any atom is -0.454 e. The van der Waals surface area contributed by atoms with Gasteiger partial charge in [0.05, 0.1) is 0 Å². The Kier molecular flexibility index (Phi) is 4.46. The zero-order valence-electron chi connectivity index (χ0n) is 17.0. The number of benzene rings is 2. The van der Waals surface area contributed by atoms with Crippen molar-refractivity contribution in [2.75, 3.05) is 30.1 Å². The molecule has 0 unspecified atom stereocenters. The number of ketones is 1. The molecule has 0 saturated carbocycles. The van der Waals surface area contributed by atoms with Gasteiger partial charge in [0.1, 0.15) is 0 Å². The molecular weight excluding hydrogens is 364 g/mol. The van der Waals surface area contributed by atoms with E-state index in [1.807, 2.05) is 12.1 Å². The van der Waals surface area contributed by atoms with Gasteiger partial charge >= 0.3 is 0 Å². The Labute approximate surface area is 171 Å². The third-order valence-corrected chi connectivity index (χ3v) is 6.24. The van der Waals surface area contributed by atoms with Crippen LogP contribution in [-0.2, 0) is 4.79 Å². The van der Waals surface area contributed by atoms with E-state index in [1.54, 1.807) is 0 Å². The topological polar surface area (TPSA) is 50.8 Å². The van der Waals surface area contributed by atoms with Gasteiger partial charge in [0.2, 0.25) is 6.79 Å². The van der Waals surface area contributed by atoms with Gasteiger partial charge in [-0.2, -0.15) is 0 Å². The van der Waals surface area contributed by atoms with E-state index >= 15 is 0 Å². The number of Topliss-reactive ketones (excluding diaryl/α,β-unsaturated/α-hetero) is 1. The van der Waals surface area contributed by atoms with Crippen molar-refractivity contribution in [2.24, 2.45) is 0 Å². The summed E-state index contributed by atoms with van der Waals surface area (Å²) in [6, 6.07) is 12.7. The molecule has 0 fully saturated rings. The zero-order valence-corrected chi connectivity index (χ0v) is 17.0. The van der Waals surface area contributed by atoms with Crippen molar-refractivity contribution in [2.45, 2.75) is 39.0 Å². The van der Waals surface area contributed by atoms with Gasteiger partial charge in [-0.15, -0.1) is 0 Å². The van der Waals surface area contributed by atoms with E-state index in [2.05, 4.69) is 48.3 Å². The number of rotatable bonds is 4. The predicted molar refractivity (Wildman–Crippen MR) is 114 cm³/mol. The highest BCUT2D eigenvalue weighted by Crippen LogP contribution is 2.49. The van der Waals surface area contributed by atoms with Crippen LogP contribution in [0.25, 0.3) is 0 Å². The second-order valence-electron chi connectivity index (χ2n) is 7.78. The van der Waals surface area contributed by atoms with E-state index in [1.165, 1.54) is 5.69 Å². The van der Waals surface area contributed by atoms with Crippen LogP contribution >= 0.6 is 0 Å². The minimum absolute atomic E-state index is 0.0747. The number of nitrogens with zero attached hydrogens (tertiary/aromatic N) is 1. The van der Waals surface area contributed by atoms with E-state index in [4.69, 9.17) is 9.47 Å². The average Bonchev–Trinajstić information content (AvgIpc) is 3.20. The van der Waals surface area contributed by atoms with Crippen molar-refractivity contribution in [3.8, 4) is 11.5 Å². The Balaban J connectivity index is 1.63. The van der Waals surface area contributed by atoms with Gasteiger partial charge in [-0.3, -0.25) is 4.79 Å². The Hall–Kier alpha value is -2.95. The lowest BCUT2D eigenvalue weighted by Crippen LogP contribution is -2.27. The van der Waals surface area contributed by atoms with Crippen molar-refractivity contribution >= 4 is 17.2 Å². The fraction of sp³-hybridized carbons (Fsp3) is 0.375. The standard InChI is InChI=1S/C24H26N2O3/c1-3-26(4-2)16-10-8-15(9-11-16)23-17-12-21-22(29-14-28-21)13-19(17)25-18-6-5-7-20(27)24(18)23/h8-13,23,25H,3-7,14H2,1-2H3/t23-/m1/s1. The molecule has 1 N–H and O–H groups in total. The van der Waals surface area contributed by atoms with Gasteiger partial charge in [0.25, 0.3) is 0 Å². The van der Waals surface area contributed by atoms with Gasteiger partial charge in [-0.05, 0) is 56.0 Å². The third kappa shape index (κ3) is 2.96. The molecule has 5 heteroatoms. The first-order valence-electron chi connectivity index (χ1n) is 10.5. The highest BCUT2D eigenvalue weighted by Gasteiger charge is 2.36. The number of carbonyl (C=O) groups excluding carboxylic acids is 1. The van der Waals surface area contributed by atoms with Crippen molar-refractivity contribution in [1.82, 2.24) is 0 Å². The van der Waals surface area contributed by atoms with Gasteiger partial charge < -0.3 is 19.7 Å². The summed E-state index contributed by atoms with van der Waals surface area (Å²) in [7, 11) is 0. The van der Waals surface area contributed by atoms with Crippen molar-refractivity contribution in [1.29, 1.82) is 0 Å². The molecule has 1 atom stereocenters. The maximum atomic E-state index is 13.0. The summed E-state index contributed by atoms with van der Waals surface area (Å²) in [5.74, 6) is 1.69. The molecule has 0 aromatic heterocycles. The smallest absolute Gasteiger partial charge is 0.231 e. The maximum Gasteiger partial charge on any atom is 0.231 e. The first kappa shape index (κ1) is 18.1. The highest BCUT2D eigenvalue weighted by atomic mass is 16.7. The zero-order chi connectivity index (χ0) is 20.0. The average molecular weight is 390 g/mol. The Bertz CT molecular complexity index is 990. The first-order chi connectivity index (χ1) is 14.2. The molecule has 0 saturated heterocycles. The highest BCUT2D eigenvalue weighted by molar-refractivity contribution is 6.01. The van der Waals surface area contributed by atoms with Crippen LogP contribution in [0.15, 0.2) is 47.7 Å². The first-order valence-corrected chi connectivity index (χ1v) is 10.5. The fourth-order valence-corrected chi connectivity index (χ4v) is 4.76. The summed E-state index contributed by atoms with van der Waals surface area (Å²) in [5, 5.41) is 3.52. The number of fused-ring (bicyclic) bond motifs is 2. The minimum atomic E-state index is -0.0747. The molecule has 0 amide bonds. The monoisotopic (exact) mass is 390 g/mol. The summed E-state index contributed by atoms with van der Waals surface area (Å²) < 4.78 is 11.2. The summed E-state index contributed by atoms with van der Waals surface area (Å²) in [6.07, 6.45) is 2.43. The molecule has 1 aliphatic carbocycles. The van der Waals surface area contributed by atoms with Crippen LogP contribution in [0.1, 0.15) is 50.2 Å². The third-order valence-electron chi connectivity index (χ3n) is 6.24. The van der Waals surface area contributed by atoms with E-state index < -0.39 is 0 Å². The van der Waals surface area contributed by atoms with Crippen LogP contribution in [0.4, 0.5) is 11.4 Å². The molecule has 2 aromatic carbocycles. The van der Waals surface area contributed by atoms with Crippen LogP contribution in [0.2, 0.25) is 0 Å². The van der Waals surface area contributed by atoms with Crippen molar-refractivity contribution in [3.63, 3.8) is 0 Å². The molecule has 2 aliphatic heterocycles. The fourth-order valence-electron chi connectivity index (χ4n) is 4.76. The molecule has 3 aliphatic rings. The number of carbonyl (C=O) groups is 1. The second-order valence-corrected chi connectivity index (χ2v) is 7.78. The summed E-state index contributed by atoms with van der Waals surface area (Å²) in [6.45, 7) is 6.53. The number of anilines is 2. The molecule has 0 spiro atoms. The number of nitrogens with one attached hydrogen (secondary N) is 1. The molecule has 2 aromatic rings. The lowest BCUT2D eigenvalue weighted by atomic mass is 9.75. The van der Waals surface area contributed by atoms with Crippen LogP contribution in [0.3, 0.4) is 0 Å². The van der Waals surface area contributed by atoms with Gasteiger partial charge in [-0.25, -0.2) is 0 Å². The lowest BCUT2D eigenvalue weighted by molar-refractivity contribution is -0.116. The molecule has 0 radical (unpaired) electrons. The van der Waals surface area contributed by atoms with Crippen LogP contribution < -0.4 is 19.7 Å². The maximum absolute atomic E-state index is 13.0. The van der Waals surface area contributed by atoms with Crippen molar-refractivity contribution < 1.29 is 14.3 Å². The summed E-state index contributed by atoms with van der Waals surface area (Å²) in [4.78, 5) is 15.3. The molecule has 5 rings (SSSR count). The number of hydrogen-bond acceptors (Lipinski definition) is 5. The largest absolute Gasteiger partial charge is 0.454 e. The molecule has 2 heterocycles. The van der Waals surface area contributed by atoms with Gasteiger partial charge in [0.15, 0.2) is 17.3 Å². The van der Waals surface area contributed by atoms with Crippen LogP contribution in [-0.4, -0.2) is 25.7 Å². The Morgan fingerprint density at radius 2 is 1.76 bits per heavy atom. The van der Waals surface area contributed by atoms with Gasteiger partial charge in [0, 0.05) is 54.1 Å². The lowest BCUT2D eigenvalue weighted by Gasteiger charge is -2.34. The molecule has 0 bridgehead atoms. The SMILES string of the molecule is CCN(CC)c1ccc([C@H]2C3=C(CCCC3=O)Nc3cc4c(cc32)OCO4)cc1. The normalized spacial score (nSPS) is 19.5. The molecule has 29 heavy (non-hydrogen) atoms. The van der Waals surface area contributed by atoms with Gasteiger partial charge in [-0.1, -0.05) is 12.1 Å².